The first kappa shape index (κ1) is 13.3. The van der Waals surface area contributed by atoms with Crippen LogP contribution in [0.1, 0.15) is 35.0 Å². The highest BCUT2D eigenvalue weighted by atomic mass is 15.1. The molecule has 0 unspecified atom stereocenters. The van der Waals surface area contributed by atoms with Gasteiger partial charge in [0.05, 0.1) is 0 Å². The van der Waals surface area contributed by atoms with Gasteiger partial charge in [-0.15, -0.1) is 0 Å². The van der Waals surface area contributed by atoms with E-state index in [1.807, 2.05) is 19.2 Å². The standard InChI is InChI=1S/C17H21N3/c1-13-4-3-5-15(10-13)11-20-9-7-16(12-20)17-18-8-6-14(2)19-17/h3-6,8,10,16H,7,9,11-12H2,1-2H3/t16-/m1/s1. The maximum absolute atomic E-state index is 4.57. The summed E-state index contributed by atoms with van der Waals surface area (Å²) in [6.45, 7) is 7.42. The van der Waals surface area contributed by atoms with Crippen LogP contribution in [-0.2, 0) is 6.54 Å². The van der Waals surface area contributed by atoms with E-state index in [4.69, 9.17) is 0 Å². The number of hydrogen-bond donors (Lipinski definition) is 0. The molecular formula is C17H21N3. The maximum Gasteiger partial charge on any atom is 0.132 e. The Hall–Kier alpha value is -1.74. The molecule has 1 aliphatic heterocycles. The normalized spacial score (nSPS) is 19.4. The fourth-order valence-corrected chi connectivity index (χ4v) is 2.92. The van der Waals surface area contributed by atoms with Gasteiger partial charge >= 0.3 is 0 Å². The second-order valence-electron chi connectivity index (χ2n) is 5.77. The predicted molar refractivity (Wildman–Crippen MR) is 80.6 cm³/mol. The highest BCUT2D eigenvalue weighted by Crippen LogP contribution is 2.25. The van der Waals surface area contributed by atoms with Crippen molar-refractivity contribution in [2.45, 2.75) is 32.7 Å². The fraction of sp³-hybridized carbons (Fsp3) is 0.412. The van der Waals surface area contributed by atoms with Gasteiger partial charge in [-0.3, -0.25) is 4.90 Å². The molecule has 0 radical (unpaired) electrons. The molecule has 20 heavy (non-hydrogen) atoms. The average Bonchev–Trinajstić information content (AvgIpc) is 2.87. The van der Waals surface area contributed by atoms with Crippen LogP contribution in [-0.4, -0.2) is 28.0 Å². The van der Waals surface area contributed by atoms with E-state index in [2.05, 4.69) is 46.1 Å². The minimum atomic E-state index is 0.486. The average molecular weight is 267 g/mol. The maximum atomic E-state index is 4.57. The molecule has 0 aliphatic carbocycles. The molecule has 0 saturated carbocycles. The number of benzene rings is 1. The molecule has 0 N–H and O–H groups in total. The van der Waals surface area contributed by atoms with E-state index >= 15 is 0 Å². The second-order valence-corrected chi connectivity index (χ2v) is 5.77. The van der Waals surface area contributed by atoms with E-state index in [1.54, 1.807) is 0 Å². The van der Waals surface area contributed by atoms with Gasteiger partial charge in [-0.1, -0.05) is 29.8 Å². The third-order valence-corrected chi connectivity index (χ3v) is 3.94. The molecule has 1 fully saturated rings. The lowest BCUT2D eigenvalue weighted by Crippen LogP contribution is -2.20. The smallest absolute Gasteiger partial charge is 0.132 e. The summed E-state index contributed by atoms with van der Waals surface area (Å²) in [5, 5.41) is 0. The number of aryl methyl sites for hydroxylation is 2. The Morgan fingerprint density at radius 3 is 2.95 bits per heavy atom. The Labute approximate surface area is 120 Å². The van der Waals surface area contributed by atoms with Crippen molar-refractivity contribution in [2.75, 3.05) is 13.1 Å². The van der Waals surface area contributed by atoms with Gasteiger partial charge < -0.3 is 0 Å². The second kappa shape index (κ2) is 5.71. The summed E-state index contributed by atoms with van der Waals surface area (Å²) in [6.07, 6.45) is 3.04. The molecule has 3 heteroatoms. The molecule has 3 rings (SSSR count). The Morgan fingerprint density at radius 1 is 1.25 bits per heavy atom. The van der Waals surface area contributed by atoms with Crippen LogP contribution in [0.25, 0.3) is 0 Å². The first-order chi connectivity index (χ1) is 9.70. The molecule has 1 saturated heterocycles. The van der Waals surface area contributed by atoms with E-state index in [1.165, 1.54) is 11.1 Å². The van der Waals surface area contributed by atoms with Crippen LogP contribution in [0.5, 0.6) is 0 Å². The van der Waals surface area contributed by atoms with Gasteiger partial charge in [0.15, 0.2) is 0 Å². The lowest BCUT2D eigenvalue weighted by Gasteiger charge is -2.16. The summed E-state index contributed by atoms with van der Waals surface area (Å²) in [6, 6.07) is 10.7. The van der Waals surface area contributed by atoms with E-state index in [9.17, 15) is 0 Å². The molecule has 1 aliphatic rings. The van der Waals surface area contributed by atoms with Crippen LogP contribution in [0.15, 0.2) is 36.5 Å². The van der Waals surface area contributed by atoms with Crippen molar-refractivity contribution in [3.8, 4) is 0 Å². The van der Waals surface area contributed by atoms with Crippen LogP contribution in [0, 0.1) is 13.8 Å². The molecule has 1 aromatic carbocycles. The summed E-state index contributed by atoms with van der Waals surface area (Å²) < 4.78 is 0. The molecule has 0 bridgehead atoms. The van der Waals surface area contributed by atoms with Crippen molar-refractivity contribution in [1.82, 2.24) is 14.9 Å². The Balaban J connectivity index is 1.65. The van der Waals surface area contributed by atoms with Gasteiger partial charge in [-0.05, 0) is 38.4 Å². The van der Waals surface area contributed by atoms with Crippen molar-refractivity contribution in [2.24, 2.45) is 0 Å². The third kappa shape index (κ3) is 3.05. The zero-order valence-electron chi connectivity index (χ0n) is 12.2. The largest absolute Gasteiger partial charge is 0.298 e. The lowest BCUT2D eigenvalue weighted by atomic mass is 10.1. The minimum absolute atomic E-state index is 0.486. The summed E-state index contributed by atoms with van der Waals surface area (Å²) >= 11 is 0. The molecule has 2 heterocycles. The summed E-state index contributed by atoms with van der Waals surface area (Å²) in [5.41, 5.74) is 3.79. The predicted octanol–water partition coefficient (Wildman–Crippen LogP) is 3.08. The Bertz CT molecular complexity index is 594. The quantitative estimate of drug-likeness (QED) is 0.855. The van der Waals surface area contributed by atoms with Crippen molar-refractivity contribution in [3.05, 3.63) is 59.2 Å². The van der Waals surface area contributed by atoms with Crippen LogP contribution >= 0.6 is 0 Å². The molecular weight excluding hydrogens is 246 g/mol. The van der Waals surface area contributed by atoms with Crippen molar-refractivity contribution in [3.63, 3.8) is 0 Å². The number of rotatable bonds is 3. The highest BCUT2D eigenvalue weighted by molar-refractivity contribution is 5.22. The van der Waals surface area contributed by atoms with Crippen LogP contribution < -0.4 is 0 Å². The SMILES string of the molecule is Cc1cccc(CN2CC[C@@H](c3nccc(C)n3)C2)c1. The number of hydrogen-bond acceptors (Lipinski definition) is 3. The molecule has 104 valence electrons. The zero-order chi connectivity index (χ0) is 13.9. The summed E-state index contributed by atoms with van der Waals surface area (Å²) in [4.78, 5) is 11.5. The fourth-order valence-electron chi connectivity index (χ4n) is 2.92. The zero-order valence-corrected chi connectivity index (χ0v) is 12.2. The first-order valence-corrected chi connectivity index (χ1v) is 7.28. The number of aromatic nitrogens is 2. The number of likely N-dealkylation sites (tertiary alicyclic amines) is 1. The van der Waals surface area contributed by atoms with Gasteiger partial charge in [0, 0.05) is 30.9 Å². The minimum Gasteiger partial charge on any atom is -0.298 e. The summed E-state index contributed by atoms with van der Waals surface area (Å²) in [7, 11) is 0. The van der Waals surface area contributed by atoms with Crippen molar-refractivity contribution in [1.29, 1.82) is 0 Å². The Kier molecular flexibility index (Phi) is 3.79. The van der Waals surface area contributed by atoms with Gasteiger partial charge in [0.2, 0.25) is 0 Å². The van der Waals surface area contributed by atoms with Crippen LogP contribution in [0.4, 0.5) is 0 Å². The topological polar surface area (TPSA) is 29.0 Å². The van der Waals surface area contributed by atoms with Crippen LogP contribution in [0.2, 0.25) is 0 Å². The van der Waals surface area contributed by atoms with Gasteiger partial charge in [0.25, 0.3) is 0 Å². The molecule has 3 nitrogen and oxygen atoms in total. The molecule has 0 amide bonds. The van der Waals surface area contributed by atoms with Gasteiger partial charge in [0.1, 0.15) is 5.82 Å². The first-order valence-electron chi connectivity index (χ1n) is 7.28. The van der Waals surface area contributed by atoms with Crippen LogP contribution in [0.3, 0.4) is 0 Å². The van der Waals surface area contributed by atoms with E-state index in [0.29, 0.717) is 5.92 Å². The number of nitrogens with zero attached hydrogens (tertiary/aromatic N) is 3. The van der Waals surface area contributed by atoms with E-state index < -0.39 is 0 Å². The van der Waals surface area contributed by atoms with Gasteiger partial charge in [-0.2, -0.15) is 0 Å². The van der Waals surface area contributed by atoms with E-state index in [-0.39, 0.29) is 0 Å². The molecule has 1 atom stereocenters. The third-order valence-electron chi connectivity index (χ3n) is 3.94. The van der Waals surface area contributed by atoms with Gasteiger partial charge in [-0.25, -0.2) is 9.97 Å². The molecule has 2 aromatic rings. The van der Waals surface area contributed by atoms with E-state index in [0.717, 1.165) is 37.6 Å². The lowest BCUT2D eigenvalue weighted by molar-refractivity contribution is 0.325. The highest BCUT2D eigenvalue weighted by Gasteiger charge is 2.25. The Morgan fingerprint density at radius 2 is 2.15 bits per heavy atom. The molecule has 1 aromatic heterocycles. The molecule has 0 spiro atoms. The van der Waals surface area contributed by atoms with Crippen molar-refractivity contribution < 1.29 is 0 Å². The van der Waals surface area contributed by atoms with Crippen molar-refractivity contribution >= 4 is 0 Å². The monoisotopic (exact) mass is 267 g/mol. The summed E-state index contributed by atoms with van der Waals surface area (Å²) in [5.74, 6) is 1.50.